The maximum absolute atomic E-state index is 8.36. The highest BCUT2D eigenvalue weighted by Crippen LogP contribution is 2.06. The van der Waals surface area contributed by atoms with Crippen molar-refractivity contribution in [3.05, 3.63) is 29.8 Å². The fraction of sp³-hybridized carbons (Fsp3) is 0.417. The molecule has 0 unspecified atom stereocenters. The van der Waals surface area contributed by atoms with E-state index in [1.165, 1.54) is 12.0 Å². The van der Waals surface area contributed by atoms with Crippen LogP contribution in [0.15, 0.2) is 24.3 Å². The van der Waals surface area contributed by atoms with Gasteiger partial charge in [0.05, 0.1) is 0 Å². The second kappa shape index (κ2) is 12.5. The van der Waals surface area contributed by atoms with E-state index in [0.29, 0.717) is 0 Å². The summed E-state index contributed by atoms with van der Waals surface area (Å²) < 4.78 is 0. The zero-order chi connectivity index (χ0) is 12.1. The van der Waals surface area contributed by atoms with Crippen LogP contribution in [0.3, 0.4) is 0 Å². The van der Waals surface area contributed by atoms with Crippen LogP contribution in [0.4, 0.5) is 5.69 Å². The molecule has 3 N–H and O–H groups in total. The average Bonchev–Trinajstić information content (AvgIpc) is 2.26. The second-order valence-electron chi connectivity index (χ2n) is 2.60. The molecule has 3 heteroatoms. The van der Waals surface area contributed by atoms with E-state index in [1.807, 2.05) is 26.0 Å². The Morgan fingerprint density at radius 1 is 1.27 bits per heavy atom. The van der Waals surface area contributed by atoms with E-state index in [4.69, 9.17) is 15.6 Å². The molecule has 0 bridgehead atoms. The van der Waals surface area contributed by atoms with Gasteiger partial charge >= 0.3 is 0 Å². The predicted octanol–water partition coefficient (Wildman–Crippen LogP) is 2.95. The Morgan fingerprint density at radius 3 is 2.00 bits per heavy atom. The number of rotatable bonds is 2. The Bertz CT molecular complexity index is 232. The smallest absolute Gasteiger partial charge is 0.290 e. The molecule has 1 aromatic rings. The lowest BCUT2D eigenvalue weighted by Gasteiger charge is -1.97. The lowest BCUT2D eigenvalue weighted by Crippen LogP contribution is -1.86. The third-order valence-electron chi connectivity index (χ3n) is 1.52. The van der Waals surface area contributed by atoms with Crippen LogP contribution in [0.5, 0.6) is 0 Å². The highest BCUT2D eigenvalue weighted by Gasteiger charge is 1.88. The Morgan fingerprint density at radius 2 is 1.67 bits per heavy atom. The molecular formula is C12H21NO2. The van der Waals surface area contributed by atoms with Crippen LogP contribution in [0, 0.1) is 0 Å². The van der Waals surface area contributed by atoms with Gasteiger partial charge in [-0.2, -0.15) is 0 Å². The predicted molar refractivity (Wildman–Crippen MR) is 64.9 cm³/mol. The molecule has 0 aliphatic rings. The van der Waals surface area contributed by atoms with E-state index >= 15 is 0 Å². The summed E-state index contributed by atoms with van der Waals surface area (Å²) in [5.74, 6) is 0. The summed E-state index contributed by atoms with van der Waals surface area (Å²) in [6.45, 7) is 5.93. The lowest BCUT2D eigenvalue weighted by molar-refractivity contribution is -0.122. The standard InChI is InChI=1S/C9H13N.C2H6.CH2O2/c1-2-3-8-4-6-9(10)7-5-8;1-2;2-1-3/h4-7H,2-3,10H2,1H3;1-2H3;1H,(H,2,3). The van der Waals surface area contributed by atoms with E-state index < -0.39 is 0 Å². The van der Waals surface area contributed by atoms with Crippen molar-refractivity contribution in [2.75, 3.05) is 5.73 Å². The summed E-state index contributed by atoms with van der Waals surface area (Å²) in [4.78, 5) is 8.36. The molecule has 0 radical (unpaired) electrons. The van der Waals surface area contributed by atoms with Gasteiger partial charge in [-0.05, 0) is 24.1 Å². The van der Waals surface area contributed by atoms with E-state index in [2.05, 4.69) is 19.1 Å². The maximum atomic E-state index is 8.36. The van der Waals surface area contributed by atoms with Crippen molar-refractivity contribution in [2.45, 2.75) is 33.6 Å². The summed E-state index contributed by atoms with van der Waals surface area (Å²) in [6, 6.07) is 8.06. The molecule has 0 saturated heterocycles. The van der Waals surface area contributed by atoms with Crippen molar-refractivity contribution in [1.82, 2.24) is 0 Å². The van der Waals surface area contributed by atoms with Crippen molar-refractivity contribution in [3.63, 3.8) is 0 Å². The third-order valence-corrected chi connectivity index (χ3v) is 1.52. The minimum absolute atomic E-state index is 0.250. The van der Waals surface area contributed by atoms with Crippen molar-refractivity contribution in [3.8, 4) is 0 Å². The number of aryl methyl sites for hydroxylation is 1. The number of hydrogen-bond donors (Lipinski definition) is 2. The Labute approximate surface area is 91.9 Å². The van der Waals surface area contributed by atoms with E-state index in [9.17, 15) is 0 Å². The molecule has 3 nitrogen and oxygen atoms in total. The molecule has 0 spiro atoms. The van der Waals surface area contributed by atoms with Crippen LogP contribution in [-0.2, 0) is 11.2 Å². The summed E-state index contributed by atoms with van der Waals surface area (Å²) in [7, 11) is 0. The number of benzene rings is 1. The zero-order valence-electron chi connectivity index (χ0n) is 9.73. The highest BCUT2D eigenvalue weighted by molar-refractivity contribution is 5.39. The van der Waals surface area contributed by atoms with Gasteiger partial charge in [-0.1, -0.05) is 39.3 Å². The molecule has 0 fully saturated rings. The number of carboxylic acid groups (broad SMARTS) is 1. The van der Waals surface area contributed by atoms with Gasteiger partial charge in [-0.15, -0.1) is 0 Å². The van der Waals surface area contributed by atoms with Crippen molar-refractivity contribution < 1.29 is 9.90 Å². The summed E-state index contributed by atoms with van der Waals surface area (Å²) >= 11 is 0. The molecular weight excluding hydrogens is 190 g/mol. The first-order chi connectivity index (χ1) is 7.24. The molecule has 1 aromatic carbocycles. The molecule has 0 aliphatic heterocycles. The number of anilines is 1. The maximum Gasteiger partial charge on any atom is 0.290 e. The van der Waals surface area contributed by atoms with Gasteiger partial charge < -0.3 is 10.8 Å². The number of nitrogens with two attached hydrogens (primary N) is 1. The first-order valence-corrected chi connectivity index (χ1v) is 5.16. The van der Waals surface area contributed by atoms with E-state index in [0.717, 1.165) is 12.1 Å². The molecule has 1 rings (SSSR count). The first-order valence-electron chi connectivity index (χ1n) is 5.16. The van der Waals surface area contributed by atoms with Gasteiger partial charge in [-0.25, -0.2) is 0 Å². The average molecular weight is 211 g/mol. The molecule has 15 heavy (non-hydrogen) atoms. The van der Waals surface area contributed by atoms with Crippen LogP contribution in [0.1, 0.15) is 32.8 Å². The number of nitrogen functional groups attached to an aromatic ring is 1. The minimum Gasteiger partial charge on any atom is -0.483 e. The van der Waals surface area contributed by atoms with Crippen LogP contribution in [0.25, 0.3) is 0 Å². The summed E-state index contributed by atoms with van der Waals surface area (Å²) in [5, 5.41) is 6.89. The second-order valence-corrected chi connectivity index (χ2v) is 2.60. The number of carbonyl (C=O) groups is 1. The van der Waals surface area contributed by atoms with Gasteiger partial charge in [0.25, 0.3) is 6.47 Å². The number of hydrogen-bond acceptors (Lipinski definition) is 2. The van der Waals surface area contributed by atoms with Gasteiger partial charge in [0, 0.05) is 5.69 Å². The molecule has 0 amide bonds. The van der Waals surface area contributed by atoms with Gasteiger partial charge in [0.2, 0.25) is 0 Å². The van der Waals surface area contributed by atoms with Gasteiger partial charge in [0.1, 0.15) is 0 Å². The molecule has 0 aliphatic carbocycles. The molecule has 0 saturated carbocycles. The Kier molecular flexibility index (Phi) is 13.3. The monoisotopic (exact) mass is 211 g/mol. The first kappa shape index (κ1) is 15.9. The van der Waals surface area contributed by atoms with Crippen molar-refractivity contribution in [2.24, 2.45) is 0 Å². The van der Waals surface area contributed by atoms with Gasteiger partial charge in [-0.3, -0.25) is 4.79 Å². The molecule has 86 valence electrons. The normalized spacial score (nSPS) is 7.67. The van der Waals surface area contributed by atoms with Crippen LogP contribution in [0.2, 0.25) is 0 Å². The van der Waals surface area contributed by atoms with E-state index in [-0.39, 0.29) is 6.47 Å². The fourth-order valence-electron chi connectivity index (χ4n) is 0.973. The topological polar surface area (TPSA) is 63.3 Å². The quantitative estimate of drug-likeness (QED) is 0.584. The molecule has 0 heterocycles. The Balaban J connectivity index is 0. The minimum atomic E-state index is -0.250. The zero-order valence-corrected chi connectivity index (χ0v) is 9.73. The summed E-state index contributed by atoms with van der Waals surface area (Å²) in [5.41, 5.74) is 7.74. The SMILES string of the molecule is CC.CCCc1ccc(N)cc1.O=CO. The Hall–Kier alpha value is -1.51. The highest BCUT2D eigenvalue weighted by atomic mass is 16.3. The van der Waals surface area contributed by atoms with Crippen LogP contribution < -0.4 is 5.73 Å². The van der Waals surface area contributed by atoms with Crippen molar-refractivity contribution >= 4 is 12.2 Å². The molecule has 0 atom stereocenters. The third kappa shape index (κ3) is 10.4. The molecule has 0 aromatic heterocycles. The fourth-order valence-corrected chi connectivity index (χ4v) is 0.973. The van der Waals surface area contributed by atoms with Crippen LogP contribution in [-0.4, -0.2) is 11.6 Å². The lowest BCUT2D eigenvalue weighted by atomic mass is 10.1. The largest absolute Gasteiger partial charge is 0.483 e. The van der Waals surface area contributed by atoms with Gasteiger partial charge in [0.15, 0.2) is 0 Å². The van der Waals surface area contributed by atoms with Crippen molar-refractivity contribution in [1.29, 1.82) is 0 Å². The summed E-state index contributed by atoms with van der Waals surface area (Å²) in [6.07, 6.45) is 2.35. The van der Waals surface area contributed by atoms with Crippen LogP contribution >= 0.6 is 0 Å². The van der Waals surface area contributed by atoms with E-state index in [1.54, 1.807) is 0 Å².